The first-order valence-corrected chi connectivity index (χ1v) is 15.1. The van der Waals surface area contributed by atoms with E-state index in [-0.39, 0.29) is 42.0 Å². The van der Waals surface area contributed by atoms with Crippen molar-refractivity contribution in [1.82, 2.24) is 5.06 Å². The second kappa shape index (κ2) is 13.3. The Morgan fingerprint density at radius 2 is 1.29 bits per heavy atom. The van der Waals surface area contributed by atoms with Crippen LogP contribution in [0.2, 0.25) is 0 Å². The van der Waals surface area contributed by atoms with E-state index in [2.05, 4.69) is 62.2 Å². The molecule has 0 saturated carbocycles. The lowest BCUT2D eigenvalue weighted by atomic mass is 9.83. The first-order chi connectivity index (χ1) is 20.4. The molecule has 3 heterocycles. The van der Waals surface area contributed by atoms with E-state index in [1.165, 1.54) is 0 Å². The van der Waals surface area contributed by atoms with Crippen LogP contribution in [0.15, 0.2) is 91.0 Å². The monoisotopic (exact) mass is 573 g/mol. The number of fused-ring (bicyclic) bond motifs is 3. The van der Waals surface area contributed by atoms with E-state index < -0.39 is 6.29 Å². The molecule has 0 spiro atoms. The summed E-state index contributed by atoms with van der Waals surface area (Å²) in [5.41, 5.74) is 3.06. The molecule has 3 aliphatic rings. The molecule has 3 fully saturated rings. The third-order valence-corrected chi connectivity index (χ3v) is 8.14. The Bertz CT molecular complexity index is 1240. The summed E-state index contributed by atoms with van der Waals surface area (Å²) in [4.78, 5) is 6.46. The first-order valence-electron chi connectivity index (χ1n) is 15.1. The molecule has 0 bridgehead atoms. The maximum atomic E-state index is 6.84. The van der Waals surface area contributed by atoms with Crippen LogP contribution in [0.5, 0.6) is 0 Å². The van der Waals surface area contributed by atoms with Crippen LogP contribution in [-0.2, 0) is 48.3 Å². The Kier molecular flexibility index (Phi) is 9.36. The van der Waals surface area contributed by atoms with E-state index in [4.69, 9.17) is 28.5 Å². The smallest absolute Gasteiger partial charge is 0.185 e. The van der Waals surface area contributed by atoms with Crippen molar-refractivity contribution in [3.8, 4) is 0 Å². The highest BCUT2D eigenvalue weighted by Gasteiger charge is 2.61. The van der Waals surface area contributed by atoms with Gasteiger partial charge in [0.25, 0.3) is 0 Å². The molecule has 224 valence electrons. The van der Waals surface area contributed by atoms with Gasteiger partial charge in [-0.15, -0.1) is 0 Å². The van der Waals surface area contributed by atoms with Gasteiger partial charge in [-0.25, -0.2) is 0 Å². The van der Waals surface area contributed by atoms with Crippen LogP contribution < -0.4 is 0 Å². The predicted molar refractivity (Wildman–Crippen MR) is 159 cm³/mol. The van der Waals surface area contributed by atoms with Crippen LogP contribution in [0, 0.1) is 5.92 Å². The number of hydrogen-bond donors (Lipinski definition) is 0. The molecule has 3 aromatic rings. The average Bonchev–Trinajstić information content (AvgIpc) is 3.55. The van der Waals surface area contributed by atoms with Crippen LogP contribution in [0.3, 0.4) is 0 Å². The number of ether oxygens (including phenoxy) is 5. The van der Waals surface area contributed by atoms with E-state index in [0.717, 1.165) is 29.7 Å². The third-order valence-electron chi connectivity index (χ3n) is 8.14. The molecule has 0 N–H and O–H groups in total. The van der Waals surface area contributed by atoms with E-state index in [9.17, 15) is 0 Å². The number of hydroxylamine groups is 2. The van der Waals surface area contributed by atoms with Gasteiger partial charge in [-0.3, -0.25) is 4.84 Å². The van der Waals surface area contributed by atoms with Gasteiger partial charge in [0.1, 0.15) is 12.2 Å². The average molecular weight is 574 g/mol. The molecule has 0 radical (unpaired) electrons. The number of benzene rings is 3. The summed E-state index contributed by atoms with van der Waals surface area (Å²) in [6.45, 7) is 8.88. The summed E-state index contributed by atoms with van der Waals surface area (Å²) in [6.07, 6.45) is -0.601. The second-order valence-corrected chi connectivity index (χ2v) is 12.4. The standard InChI is InChI=1S/C35H43NO6/c1-35(2,3)41-28-19-20-36-31(28)30-33(39-23-27-17-11-6-12-18-27)32(38-22-26-15-9-5-10-16-26)29(40-34(30)42-36)24-37-21-25-13-7-4-8-14-25/h4-18,28-34H,19-24H2,1-3H3/t28-,29+,30+,31-,32+,33+,34+/m0/s1. The zero-order valence-corrected chi connectivity index (χ0v) is 24.8. The van der Waals surface area contributed by atoms with Crippen LogP contribution in [0.1, 0.15) is 43.9 Å². The molecule has 0 aromatic heterocycles. The van der Waals surface area contributed by atoms with Crippen molar-refractivity contribution in [1.29, 1.82) is 0 Å². The Hall–Kier alpha value is -2.62. The maximum Gasteiger partial charge on any atom is 0.185 e. The second-order valence-electron chi connectivity index (χ2n) is 12.4. The normalized spacial score (nSPS) is 29.4. The Morgan fingerprint density at radius 3 is 1.86 bits per heavy atom. The molecular weight excluding hydrogens is 530 g/mol. The van der Waals surface area contributed by atoms with Gasteiger partial charge in [-0.2, -0.15) is 5.06 Å². The molecule has 7 heteroatoms. The lowest BCUT2D eigenvalue weighted by Crippen LogP contribution is -2.60. The van der Waals surface area contributed by atoms with Crippen LogP contribution in [0.4, 0.5) is 0 Å². The number of nitrogens with zero attached hydrogens (tertiary/aromatic N) is 1. The third kappa shape index (κ3) is 7.12. The molecule has 7 atom stereocenters. The molecule has 3 aliphatic heterocycles. The zero-order chi connectivity index (χ0) is 28.9. The first kappa shape index (κ1) is 29.5. The quantitative estimate of drug-likeness (QED) is 0.282. The maximum absolute atomic E-state index is 6.84. The highest BCUT2D eigenvalue weighted by molar-refractivity contribution is 5.16. The van der Waals surface area contributed by atoms with Gasteiger partial charge < -0.3 is 23.7 Å². The predicted octanol–water partition coefficient (Wildman–Crippen LogP) is 5.92. The van der Waals surface area contributed by atoms with Crippen molar-refractivity contribution in [2.24, 2.45) is 5.92 Å². The van der Waals surface area contributed by atoms with Crippen molar-refractivity contribution >= 4 is 0 Å². The summed E-state index contributed by atoms with van der Waals surface area (Å²) in [6, 6.07) is 30.7. The summed E-state index contributed by atoms with van der Waals surface area (Å²) in [5, 5.41) is 2.06. The fourth-order valence-electron chi connectivity index (χ4n) is 6.36. The fourth-order valence-corrected chi connectivity index (χ4v) is 6.36. The van der Waals surface area contributed by atoms with Gasteiger partial charge in [0.2, 0.25) is 0 Å². The van der Waals surface area contributed by atoms with Crippen LogP contribution in [-0.4, -0.2) is 60.6 Å². The van der Waals surface area contributed by atoms with Crippen LogP contribution >= 0.6 is 0 Å². The lowest BCUT2D eigenvalue weighted by Gasteiger charge is -2.45. The van der Waals surface area contributed by atoms with Gasteiger partial charge >= 0.3 is 0 Å². The summed E-state index contributed by atoms with van der Waals surface area (Å²) in [5.74, 6) is -0.0882. The minimum atomic E-state index is -0.468. The molecular formula is C35H43NO6. The highest BCUT2D eigenvalue weighted by atomic mass is 16.8. The SMILES string of the molecule is CC(C)(C)O[C@H]1CCN2O[C@H]3O[C@H](COCc4ccccc4)[C@@H](OCc4ccccc4)[C@H](OCc4ccccc4)[C@H]3[C@H]12. The van der Waals surface area contributed by atoms with Crippen molar-refractivity contribution in [3.05, 3.63) is 108 Å². The Labute approximate surface area is 249 Å². The van der Waals surface area contributed by atoms with Crippen molar-refractivity contribution in [2.75, 3.05) is 13.2 Å². The van der Waals surface area contributed by atoms with Crippen molar-refractivity contribution < 1.29 is 28.5 Å². The largest absolute Gasteiger partial charge is 0.374 e. The number of hydrogen-bond acceptors (Lipinski definition) is 7. The summed E-state index contributed by atoms with van der Waals surface area (Å²) < 4.78 is 33.1. The molecule has 0 aliphatic carbocycles. The molecule has 0 amide bonds. The van der Waals surface area contributed by atoms with Gasteiger partial charge in [0.05, 0.1) is 56.2 Å². The molecule has 42 heavy (non-hydrogen) atoms. The lowest BCUT2D eigenvalue weighted by molar-refractivity contribution is -0.311. The van der Waals surface area contributed by atoms with E-state index in [1.807, 2.05) is 54.6 Å². The highest BCUT2D eigenvalue weighted by Crippen LogP contribution is 2.46. The number of rotatable bonds is 11. The van der Waals surface area contributed by atoms with Crippen molar-refractivity contribution in [3.63, 3.8) is 0 Å². The minimum absolute atomic E-state index is 0.00371. The fraction of sp³-hybridized carbons (Fsp3) is 0.486. The van der Waals surface area contributed by atoms with Crippen LogP contribution in [0.25, 0.3) is 0 Å². The summed E-state index contributed by atoms with van der Waals surface area (Å²) >= 11 is 0. The summed E-state index contributed by atoms with van der Waals surface area (Å²) in [7, 11) is 0. The molecule has 7 nitrogen and oxygen atoms in total. The zero-order valence-electron chi connectivity index (χ0n) is 24.8. The molecule has 0 unspecified atom stereocenters. The van der Waals surface area contributed by atoms with Crippen molar-refractivity contribution in [2.45, 2.75) is 89.4 Å². The molecule has 3 aromatic carbocycles. The van der Waals surface area contributed by atoms with Gasteiger partial charge in [-0.05, 0) is 43.9 Å². The van der Waals surface area contributed by atoms with Gasteiger partial charge in [0.15, 0.2) is 6.29 Å². The van der Waals surface area contributed by atoms with E-state index in [0.29, 0.717) is 26.4 Å². The van der Waals surface area contributed by atoms with E-state index >= 15 is 0 Å². The molecule has 6 rings (SSSR count). The van der Waals surface area contributed by atoms with E-state index in [1.54, 1.807) is 0 Å². The Balaban J connectivity index is 1.27. The van der Waals surface area contributed by atoms with Gasteiger partial charge in [-0.1, -0.05) is 91.0 Å². The minimum Gasteiger partial charge on any atom is -0.374 e. The topological polar surface area (TPSA) is 58.6 Å². The van der Waals surface area contributed by atoms with Gasteiger partial charge in [0, 0.05) is 6.54 Å². The molecule has 3 saturated heterocycles. The Morgan fingerprint density at radius 1 is 0.738 bits per heavy atom.